The Labute approximate surface area is 222 Å². The second kappa shape index (κ2) is 10.7. The first kappa shape index (κ1) is 24.9. The molecular weight excluding hydrogens is 513 g/mol. The number of nitrogens with one attached hydrogen (secondary N) is 2. The van der Waals surface area contributed by atoms with Crippen molar-refractivity contribution in [1.29, 1.82) is 0 Å². The highest BCUT2D eigenvalue weighted by Crippen LogP contribution is 2.38. The van der Waals surface area contributed by atoms with E-state index in [1.807, 2.05) is 31.2 Å². The summed E-state index contributed by atoms with van der Waals surface area (Å²) in [5.41, 5.74) is 3.03. The van der Waals surface area contributed by atoms with E-state index in [-0.39, 0.29) is 11.7 Å². The molecule has 1 aromatic heterocycles. The minimum Gasteiger partial charge on any atom is -0.495 e. The van der Waals surface area contributed by atoms with Crippen LogP contribution in [0.1, 0.15) is 24.1 Å². The van der Waals surface area contributed by atoms with Crippen LogP contribution in [0.15, 0.2) is 89.2 Å². The lowest BCUT2D eigenvalue weighted by Gasteiger charge is -2.28. The molecule has 0 aliphatic carbocycles. The predicted molar refractivity (Wildman–Crippen MR) is 144 cm³/mol. The van der Waals surface area contributed by atoms with E-state index >= 15 is 0 Å². The fraction of sp³-hybridized carbons (Fsp3) is 0.148. The van der Waals surface area contributed by atoms with Crippen LogP contribution in [0.5, 0.6) is 5.75 Å². The molecule has 10 heteroatoms. The van der Waals surface area contributed by atoms with Crippen LogP contribution >= 0.6 is 23.4 Å². The Morgan fingerprint density at radius 2 is 1.86 bits per heavy atom. The zero-order chi connectivity index (χ0) is 25.9. The van der Waals surface area contributed by atoms with E-state index in [0.717, 1.165) is 5.56 Å². The van der Waals surface area contributed by atoms with Crippen LogP contribution in [0, 0.1) is 5.82 Å². The second-order valence-electron chi connectivity index (χ2n) is 8.31. The number of benzene rings is 3. The van der Waals surface area contributed by atoms with E-state index in [1.165, 1.54) is 17.8 Å². The zero-order valence-corrected chi connectivity index (χ0v) is 21.6. The minimum atomic E-state index is -0.571. The third-order valence-electron chi connectivity index (χ3n) is 5.93. The van der Waals surface area contributed by atoms with Crippen LogP contribution in [-0.2, 0) is 10.5 Å². The summed E-state index contributed by atoms with van der Waals surface area (Å²) in [6.07, 6.45) is 0. The van der Waals surface area contributed by atoms with Gasteiger partial charge >= 0.3 is 0 Å². The van der Waals surface area contributed by atoms with Crippen molar-refractivity contribution in [3.8, 4) is 5.75 Å². The smallest absolute Gasteiger partial charge is 0.255 e. The number of hydrogen-bond donors (Lipinski definition) is 2. The lowest BCUT2D eigenvalue weighted by molar-refractivity contribution is -0.113. The van der Waals surface area contributed by atoms with Crippen LogP contribution in [0.3, 0.4) is 0 Å². The van der Waals surface area contributed by atoms with E-state index in [1.54, 1.807) is 54.3 Å². The van der Waals surface area contributed by atoms with E-state index in [9.17, 15) is 9.18 Å². The Morgan fingerprint density at radius 1 is 1.14 bits per heavy atom. The van der Waals surface area contributed by atoms with Gasteiger partial charge in [0, 0.05) is 16.5 Å². The second-order valence-corrected chi connectivity index (χ2v) is 9.69. The van der Waals surface area contributed by atoms with Gasteiger partial charge in [-0.15, -0.1) is 5.10 Å². The maximum Gasteiger partial charge on any atom is 0.255 e. The molecule has 1 aliphatic heterocycles. The van der Waals surface area contributed by atoms with E-state index in [2.05, 4.69) is 15.6 Å². The molecule has 1 unspecified atom stereocenters. The van der Waals surface area contributed by atoms with Crippen molar-refractivity contribution in [3.05, 3.63) is 106 Å². The fourth-order valence-corrected chi connectivity index (χ4v) is 5.08. The number of carbonyl (C=O) groups is 1. The number of ether oxygens (including phenoxy) is 1. The van der Waals surface area contributed by atoms with Gasteiger partial charge in [-0.1, -0.05) is 65.8 Å². The molecule has 0 spiro atoms. The van der Waals surface area contributed by atoms with Gasteiger partial charge < -0.3 is 15.4 Å². The van der Waals surface area contributed by atoms with E-state index < -0.39 is 6.04 Å². The molecule has 188 valence electrons. The Balaban J connectivity index is 1.50. The summed E-state index contributed by atoms with van der Waals surface area (Å²) in [5, 5.41) is 11.9. The number of amides is 1. The van der Waals surface area contributed by atoms with E-state index in [4.69, 9.17) is 21.4 Å². The van der Waals surface area contributed by atoms with Crippen molar-refractivity contribution in [1.82, 2.24) is 14.8 Å². The van der Waals surface area contributed by atoms with Crippen molar-refractivity contribution < 1.29 is 13.9 Å². The van der Waals surface area contributed by atoms with Crippen LogP contribution in [0.25, 0.3) is 0 Å². The quantitative estimate of drug-likeness (QED) is 0.270. The number of nitrogens with zero attached hydrogens (tertiary/aromatic N) is 3. The summed E-state index contributed by atoms with van der Waals surface area (Å²) in [5.74, 6) is 0.826. The summed E-state index contributed by atoms with van der Waals surface area (Å²) < 4.78 is 21.2. The van der Waals surface area contributed by atoms with Gasteiger partial charge in [-0.2, -0.15) is 4.98 Å². The Kier molecular flexibility index (Phi) is 7.16. The molecule has 2 heterocycles. The average molecular weight is 536 g/mol. The van der Waals surface area contributed by atoms with Crippen molar-refractivity contribution >= 4 is 40.9 Å². The van der Waals surface area contributed by atoms with Gasteiger partial charge in [-0.05, 0) is 48.4 Å². The van der Waals surface area contributed by atoms with Gasteiger partial charge in [-0.3, -0.25) is 4.79 Å². The number of fused-ring (bicyclic) bond motifs is 1. The van der Waals surface area contributed by atoms with Gasteiger partial charge in [0.2, 0.25) is 11.1 Å². The number of thioether (sulfide) groups is 1. The Morgan fingerprint density at radius 3 is 2.62 bits per heavy atom. The monoisotopic (exact) mass is 535 g/mol. The van der Waals surface area contributed by atoms with Gasteiger partial charge in [0.05, 0.1) is 18.4 Å². The lowest BCUT2D eigenvalue weighted by Crippen LogP contribution is -2.31. The average Bonchev–Trinajstić information content (AvgIpc) is 3.30. The first-order chi connectivity index (χ1) is 17.9. The molecule has 1 amide bonds. The Hall–Kier alpha value is -3.82. The zero-order valence-electron chi connectivity index (χ0n) is 20.0. The van der Waals surface area contributed by atoms with Crippen LogP contribution in [0.2, 0.25) is 5.02 Å². The number of aromatic nitrogens is 3. The molecule has 0 fully saturated rings. The standard InChI is InChI=1S/C27H23ClFN5O2S/c1-16-23(25(35)31-21-9-5-6-10-22(21)36-2)24(17-11-13-19(28)14-12-17)34-26(30-16)32-27(33-34)37-15-18-7-3-4-8-20(18)29/h3-14,24H,15H2,1-2H3,(H,31,35)(H,30,32,33). The normalized spacial score (nSPS) is 14.6. The fourth-order valence-electron chi connectivity index (χ4n) is 4.14. The molecule has 37 heavy (non-hydrogen) atoms. The SMILES string of the molecule is COc1ccccc1NC(=O)C1=C(C)Nc2nc(SCc3ccccc3F)nn2C1c1ccc(Cl)cc1. The molecule has 0 saturated carbocycles. The molecule has 0 bridgehead atoms. The minimum absolute atomic E-state index is 0.274. The third kappa shape index (κ3) is 5.19. The highest BCUT2D eigenvalue weighted by molar-refractivity contribution is 7.98. The third-order valence-corrected chi connectivity index (χ3v) is 7.07. The summed E-state index contributed by atoms with van der Waals surface area (Å²) in [4.78, 5) is 18.3. The molecule has 5 rings (SSSR count). The Bertz CT molecular complexity index is 1490. The molecule has 1 aliphatic rings. The van der Waals surface area contributed by atoms with Gasteiger partial charge in [0.1, 0.15) is 17.6 Å². The largest absolute Gasteiger partial charge is 0.495 e. The maximum absolute atomic E-state index is 14.1. The van der Waals surface area contributed by atoms with Crippen molar-refractivity contribution in [2.75, 3.05) is 17.7 Å². The number of carbonyl (C=O) groups excluding carboxylic acids is 1. The van der Waals surface area contributed by atoms with Crippen LogP contribution in [0.4, 0.5) is 16.0 Å². The summed E-state index contributed by atoms with van der Waals surface area (Å²) >= 11 is 7.47. The molecule has 4 aromatic rings. The molecule has 2 N–H and O–H groups in total. The number of methoxy groups -OCH3 is 1. The lowest BCUT2D eigenvalue weighted by atomic mass is 9.95. The van der Waals surface area contributed by atoms with Gasteiger partial charge in [0.25, 0.3) is 5.91 Å². The van der Waals surface area contributed by atoms with Crippen LogP contribution < -0.4 is 15.4 Å². The highest BCUT2D eigenvalue weighted by atomic mass is 35.5. The molecular formula is C27H23ClFN5O2S. The topological polar surface area (TPSA) is 81.1 Å². The number of hydrogen-bond acceptors (Lipinski definition) is 6. The number of rotatable bonds is 7. The molecule has 1 atom stereocenters. The van der Waals surface area contributed by atoms with Gasteiger partial charge in [-0.25, -0.2) is 9.07 Å². The van der Waals surface area contributed by atoms with Crippen molar-refractivity contribution in [2.24, 2.45) is 0 Å². The van der Waals surface area contributed by atoms with Crippen LogP contribution in [-0.4, -0.2) is 27.8 Å². The first-order valence-corrected chi connectivity index (χ1v) is 12.8. The maximum atomic E-state index is 14.1. The van der Waals surface area contributed by atoms with Crippen molar-refractivity contribution in [2.45, 2.75) is 23.9 Å². The van der Waals surface area contributed by atoms with Gasteiger partial charge in [0.15, 0.2) is 0 Å². The number of para-hydroxylation sites is 2. The molecule has 7 nitrogen and oxygen atoms in total. The molecule has 0 radical (unpaired) electrons. The number of anilines is 2. The number of allylic oxidation sites excluding steroid dienone is 1. The molecule has 3 aromatic carbocycles. The van der Waals surface area contributed by atoms with E-state index in [0.29, 0.717) is 50.2 Å². The first-order valence-electron chi connectivity index (χ1n) is 11.4. The highest BCUT2D eigenvalue weighted by Gasteiger charge is 2.34. The van der Waals surface area contributed by atoms with Crippen molar-refractivity contribution in [3.63, 3.8) is 0 Å². The summed E-state index contributed by atoms with van der Waals surface area (Å²) in [7, 11) is 1.55. The molecule has 0 saturated heterocycles. The predicted octanol–water partition coefficient (Wildman–Crippen LogP) is 6.30. The summed E-state index contributed by atoms with van der Waals surface area (Å²) in [6, 6.07) is 20.5. The summed E-state index contributed by atoms with van der Waals surface area (Å²) in [6.45, 7) is 1.82. The number of halogens is 2.